The lowest BCUT2D eigenvalue weighted by Crippen LogP contribution is -2.44. The third kappa shape index (κ3) is 3.43. The largest absolute Gasteiger partial charge is 0.376 e. The Kier molecular flexibility index (Phi) is 4.86. The van der Waals surface area contributed by atoms with Crippen molar-refractivity contribution in [2.24, 2.45) is 0 Å². The fraction of sp³-hybridized carbons (Fsp3) is 0.733. The summed E-state index contributed by atoms with van der Waals surface area (Å²) in [7, 11) is 0. The normalized spacial score (nSPS) is 25.4. The first-order chi connectivity index (χ1) is 10.1. The molecule has 0 unspecified atom stereocenters. The van der Waals surface area contributed by atoms with E-state index in [2.05, 4.69) is 9.88 Å². The summed E-state index contributed by atoms with van der Waals surface area (Å²) >= 11 is 3.46. The van der Waals surface area contributed by atoms with Gasteiger partial charge in [-0.25, -0.2) is 4.98 Å². The second kappa shape index (κ2) is 6.67. The molecule has 6 heteroatoms. The van der Waals surface area contributed by atoms with E-state index >= 15 is 0 Å². The summed E-state index contributed by atoms with van der Waals surface area (Å²) < 4.78 is 5.75. The molecule has 0 bridgehead atoms. The Balaban J connectivity index is 1.79. The summed E-state index contributed by atoms with van der Waals surface area (Å²) in [4.78, 5) is 20.3. The number of aromatic nitrogens is 1. The Morgan fingerprint density at radius 2 is 2.29 bits per heavy atom. The number of thiazole rings is 1. The van der Waals surface area contributed by atoms with Crippen LogP contribution in [0.1, 0.15) is 39.6 Å². The number of thioether (sulfide) groups is 1. The van der Waals surface area contributed by atoms with Gasteiger partial charge in [-0.3, -0.25) is 4.79 Å². The van der Waals surface area contributed by atoms with Crippen molar-refractivity contribution in [3.05, 3.63) is 15.6 Å². The number of carbonyl (C=O) groups is 1. The first-order valence-corrected chi connectivity index (χ1v) is 9.56. The summed E-state index contributed by atoms with van der Waals surface area (Å²) in [6.07, 6.45) is 3.50. The molecule has 1 amide bonds. The standard InChI is InChI=1S/C15H22N2O2S2/c1-10-14(21-11(2)16-10)15(18)17(12-5-7-20-9-12)8-13-4-3-6-19-13/h12-13H,3-9H2,1-2H3/t12-,13+/m0/s1. The minimum absolute atomic E-state index is 0.154. The van der Waals surface area contributed by atoms with E-state index in [0.717, 1.165) is 59.5 Å². The van der Waals surface area contributed by atoms with Crippen molar-refractivity contribution < 1.29 is 9.53 Å². The highest BCUT2D eigenvalue weighted by Crippen LogP contribution is 2.28. The molecule has 0 saturated carbocycles. The van der Waals surface area contributed by atoms with Gasteiger partial charge in [0.1, 0.15) is 4.88 Å². The zero-order valence-corrected chi connectivity index (χ0v) is 14.3. The van der Waals surface area contributed by atoms with Crippen molar-refractivity contribution in [1.82, 2.24) is 9.88 Å². The van der Waals surface area contributed by atoms with Gasteiger partial charge in [0, 0.05) is 24.9 Å². The first kappa shape index (κ1) is 15.3. The average molecular weight is 326 g/mol. The van der Waals surface area contributed by atoms with Crippen LogP contribution in [0, 0.1) is 13.8 Å². The predicted octanol–water partition coefficient (Wildman–Crippen LogP) is 2.89. The van der Waals surface area contributed by atoms with Crippen LogP contribution in [0.5, 0.6) is 0 Å². The van der Waals surface area contributed by atoms with E-state index in [1.54, 1.807) is 0 Å². The van der Waals surface area contributed by atoms with Gasteiger partial charge in [0.2, 0.25) is 0 Å². The summed E-state index contributed by atoms with van der Waals surface area (Å²) in [5.74, 6) is 2.36. The summed E-state index contributed by atoms with van der Waals surface area (Å²) in [5.41, 5.74) is 0.866. The third-order valence-corrected chi connectivity index (χ3v) is 6.34. The Morgan fingerprint density at radius 1 is 1.43 bits per heavy atom. The van der Waals surface area contributed by atoms with E-state index in [0.29, 0.717) is 6.04 Å². The minimum atomic E-state index is 0.154. The number of hydrogen-bond acceptors (Lipinski definition) is 5. The van der Waals surface area contributed by atoms with Gasteiger partial charge in [-0.2, -0.15) is 11.8 Å². The highest BCUT2D eigenvalue weighted by atomic mass is 32.2. The molecule has 3 heterocycles. The maximum Gasteiger partial charge on any atom is 0.266 e. The molecule has 2 fully saturated rings. The van der Waals surface area contributed by atoms with Crippen LogP contribution in [-0.2, 0) is 4.74 Å². The van der Waals surface area contributed by atoms with E-state index in [1.807, 2.05) is 25.6 Å². The Morgan fingerprint density at radius 3 is 2.86 bits per heavy atom. The number of amides is 1. The second-order valence-electron chi connectivity index (χ2n) is 5.76. The fourth-order valence-electron chi connectivity index (χ4n) is 3.03. The molecule has 116 valence electrons. The number of aryl methyl sites for hydroxylation is 2. The summed E-state index contributed by atoms with van der Waals surface area (Å²) in [5, 5.41) is 0.966. The first-order valence-electron chi connectivity index (χ1n) is 7.59. The smallest absolute Gasteiger partial charge is 0.266 e. The SMILES string of the molecule is Cc1nc(C)c(C(=O)N(C[C@H]2CCCO2)[C@H]2CCSC2)s1. The van der Waals surface area contributed by atoms with E-state index in [1.165, 1.54) is 11.3 Å². The predicted molar refractivity (Wildman–Crippen MR) is 87.3 cm³/mol. The minimum Gasteiger partial charge on any atom is -0.376 e. The Hall–Kier alpha value is -0.590. The summed E-state index contributed by atoms with van der Waals surface area (Å²) in [6.45, 7) is 5.47. The van der Waals surface area contributed by atoms with E-state index in [-0.39, 0.29) is 12.0 Å². The molecule has 0 aromatic carbocycles. The lowest BCUT2D eigenvalue weighted by Gasteiger charge is -2.30. The Labute approximate surface area is 134 Å². The molecule has 4 nitrogen and oxygen atoms in total. The van der Waals surface area contributed by atoms with Crippen LogP contribution >= 0.6 is 23.1 Å². The van der Waals surface area contributed by atoms with E-state index < -0.39 is 0 Å². The zero-order chi connectivity index (χ0) is 14.8. The van der Waals surface area contributed by atoms with Crippen molar-refractivity contribution in [1.29, 1.82) is 0 Å². The summed E-state index contributed by atoms with van der Waals surface area (Å²) in [6, 6.07) is 0.355. The number of rotatable bonds is 4. The van der Waals surface area contributed by atoms with Crippen LogP contribution in [-0.4, -0.2) is 52.6 Å². The van der Waals surface area contributed by atoms with Crippen LogP contribution in [0.3, 0.4) is 0 Å². The van der Waals surface area contributed by atoms with Crippen molar-refractivity contribution in [3.8, 4) is 0 Å². The van der Waals surface area contributed by atoms with Crippen LogP contribution in [0.4, 0.5) is 0 Å². The molecule has 2 aliphatic rings. The van der Waals surface area contributed by atoms with Gasteiger partial charge in [-0.15, -0.1) is 11.3 Å². The molecule has 2 saturated heterocycles. The molecule has 0 spiro atoms. The van der Waals surface area contributed by atoms with Gasteiger partial charge in [0.15, 0.2) is 0 Å². The topological polar surface area (TPSA) is 42.4 Å². The molecule has 0 N–H and O–H groups in total. The van der Waals surface area contributed by atoms with Gasteiger partial charge in [0.05, 0.1) is 16.8 Å². The lowest BCUT2D eigenvalue weighted by molar-refractivity contribution is 0.0444. The van der Waals surface area contributed by atoms with Crippen molar-refractivity contribution in [2.45, 2.75) is 45.3 Å². The lowest BCUT2D eigenvalue weighted by atomic mass is 10.1. The van der Waals surface area contributed by atoms with Crippen LogP contribution < -0.4 is 0 Å². The Bertz CT molecular complexity index is 506. The van der Waals surface area contributed by atoms with Gasteiger partial charge in [-0.1, -0.05) is 0 Å². The van der Waals surface area contributed by atoms with Crippen molar-refractivity contribution >= 4 is 29.0 Å². The van der Waals surface area contributed by atoms with E-state index in [4.69, 9.17) is 4.74 Å². The van der Waals surface area contributed by atoms with Crippen molar-refractivity contribution in [3.63, 3.8) is 0 Å². The molecular formula is C15H22N2O2S2. The number of nitrogens with zero attached hydrogens (tertiary/aromatic N) is 2. The molecule has 21 heavy (non-hydrogen) atoms. The number of carbonyl (C=O) groups excluding carboxylic acids is 1. The number of ether oxygens (including phenoxy) is 1. The molecule has 2 atom stereocenters. The molecule has 0 radical (unpaired) electrons. The maximum atomic E-state index is 13.0. The van der Waals surface area contributed by atoms with Crippen molar-refractivity contribution in [2.75, 3.05) is 24.7 Å². The van der Waals surface area contributed by atoms with Crippen LogP contribution in [0.2, 0.25) is 0 Å². The molecular weight excluding hydrogens is 304 g/mol. The van der Waals surface area contributed by atoms with E-state index in [9.17, 15) is 4.79 Å². The van der Waals surface area contributed by atoms with Crippen LogP contribution in [0.15, 0.2) is 0 Å². The molecule has 2 aliphatic heterocycles. The van der Waals surface area contributed by atoms with Gasteiger partial charge >= 0.3 is 0 Å². The van der Waals surface area contributed by atoms with Gasteiger partial charge in [-0.05, 0) is 38.9 Å². The molecule has 3 rings (SSSR count). The maximum absolute atomic E-state index is 13.0. The average Bonchev–Trinajstić information content (AvgIpc) is 3.16. The highest BCUT2D eigenvalue weighted by molar-refractivity contribution is 7.99. The molecule has 1 aromatic rings. The zero-order valence-electron chi connectivity index (χ0n) is 12.6. The second-order valence-corrected chi connectivity index (χ2v) is 8.11. The van der Waals surface area contributed by atoms with Gasteiger partial charge in [0.25, 0.3) is 5.91 Å². The third-order valence-electron chi connectivity index (χ3n) is 4.13. The fourth-order valence-corrected chi connectivity index (χ4v) is 5.13. The molecule has 1 aromatic heterocycles. The highest BCUT2D eigenvalue weighted by Gasteiger charge is 2.32. The quantitative estimate of drug-likeness (QED) is 0.853. The van der Waals surface area contributed by atoms with Crippen LogP contribution in [0.25, 0.3) is 0 Å². The van der Waals surface area contributed by atoms with Gasteiger partial charge < -0.3 is 9.64 Å². The number of hydrogen-bond donors (Lipinski definition) is 0. The monoisotopic (exact) mass is 326 g/mol. The molecule has 0 aliphatic carbocycles.